The van der Waals surface area contributed by atoms with Gasteiger partial charge in [-0.3, -0.25) is 0 Å². The van der Waals surface area contributed by atoms with Gasteiger partial charge < -0.3 is 4.74 Å². The maximum Gasteiger partial charge on any atom is 0.0656 e. The zero-order valence-corrected chi connectivity index (χ0v) is 10.3. The monoisotopic (exact) mass is 258 g/mol. The summed E-state index contributed by atoms with van der Waals surface area (Å²) in [7, 11) is 0. The highest BCUT2D eigenvalue weighted by atomic mass is 79.9. The second kappa shape index (κ2) is 3.48. The van der Waals surface area contributed by atoms with Gasteiger partial charge in [0, 0.05) is 10.2 Å². The molecule has 0 N–H and O–H groups in total. The van der Waals surface area contributed by atoms with Crippen LogP contribution in [0.1, 0.15) is 51.4 Å². The first-order valence-electron chi connectivity index (χ1n) is 6.11. The molecular formula is C12H19BrO. The van der Waals surface area contributed by atoms with E-state index in [-0.39, 0.29) is 0 Å². The Morgan fingerprint density at radius 3 is 2.29 bits per heavy atom. The van der Waals surface area contributed by atoms with Crippen molar-refractivity contribution in [1.82, 2.24) is 0 Å². The second-order valence-electron chi connectivity index (χ2n) is 5.32. The molecule has 2 heteroatoms. The molecule has 3 rings (SSSR count). The second-order valence-corrected chi connectivity index (χ2v) is 6.43. The molecular weight excluding hydrogens is 240 g/mol. The van der Waals surface area contributed by atoms with Crippen molar-refractivity contribution in [2.45, 2.75) is 68.4 Å². The van der Waals surface area contributed by atoms with Gasteiger partial charge in [0.15, 0.2) is 0 Å². The van der Waals surface area contributed by atoms with Crippen LogP contribution in [0.25, 0.3) is 0 Å². The molecule has 1 spiro atoms. The Morgan fingerprint density at radius 2 is 1.79 bits per heavy atom. The molecule has 0 heterocycles. The van der Waals surface area contributed by atoms with Gasteiger partial charge in [-0.05, 0) is 38.5 Å². The number of ether oxygens (including phenoxy) is 1. The van der Waals surface area contributed by atoms with Crippen LogP contribution in [0.5, 0.6) is 0 Å². The van der Waals surface area contributed by atoms with Gasteiger partial charge in [0.2, 0.25) is 0 Å². The molecule has 3 aliphatic rings. The van der Waals surface area contributed by atoms with Gasteiger partial charge in [-0.2, -0.15) is 0 Å². The molecule has 0 aromatic carbocycles. The summed E-state index contributed by atoms with van der Waals surface area (Å²) in [5.74, 6) is 0. The van der Waals surface area contributed by atoms with E-state index in [0.29, 0.717) is 17.6 Å². The molecule has 0 aliphatic heterocycles. The minimum Gasteiger partial charge on any atom is -0.374 e. The summed E-state index contributed by atoms with van der Waals surface area (Å²) in [6.45, 7) is 0. The lowest BCUT2D eigenvalue weighted by Crippen LogP contribution is -2.55. The molecule has 1 nitrogen and oxygen atoms in total. The lowest BCUT2D eigenvalue weighted by Gasteiger charge is -2.53. The molecule has 3 saturated carbocycles. The minimum absolute atomic E-state index is 0.551. The highest BCUT2D eigenvalue weighted by Crippen LogP contribution is 2.58. The molecule has 3 fully saturated rings. The Kier molecular flexibility index (Phi) is 2.40. The third-order valence-electron chi connectivity index (χ3n) is 4.63. The Labute approximate surface area is 94.7 Å². The van der Waals surface area contributed by atoms with Gasteiger partial charge >= 0.3 is 0 Å². The molecule has 0 aromatic heterocycles. The number of alkyl halides is 1. The van der Waals surface area contributed by atoms with E-state index < -0.39 is 0 Å². The summed E-state index contributed by atoms with van der Waals surface area (Å²) in [6.07, 6.45) is 12.2. The molecule has 0 saturated heterocycles. The van der Waals surface area contributed by atoms with Crippen LogP contribution in [0.4, 0.5) is 0 Å². The molecule has 14 heavy (non-hydrogen) atoms. The number of rotatable bonds is 2. The van der Waals surface area contributed by atoms with Crippen LogP contribution in [-0.4, -0.2) is 17.0 Å². The number of halogens is 1. The van der Waals surface area contributed by atoms with Crippen LogP contribution in [0.3, 0.4) is 0 Å². The van der Waals surface area contributed by atoms with Crippen LogP contribution in [-0.2, 0) is 4.74 Å². The summed E-state index contributed by atoms with van der Waals surface area (Å²) in [6, 6.07) is 0. The van der Waals surface area contributed by atoms with Crippen molar-refractivity contribution >= 4 is 15.9 Å². The van der Waals surface area contributed by atoms with Crippen molar-refractivity contribution in [2.24, 2.45) is 5.41 Å². The lowest BCUT2D eigenvalue weighted by atomic mass is 9.64. The van der Waals surface area contributed by atoms with Gasteiger partial charge in [0.1, 0.15) is 0 Å². The van der Waals surface area contributed by atoms with Crippen molar-refractivity contribution in [3.63, 3.8) is 0 Å². The molecule has 2 atom stereocenters. The fourth-order valence-electron chi connectivity index (χ4n) is 3.30. The predicted octanol–water partition coefficient (Wildman–Crippen LogP) is 3.65. The summed E-state index contributed by atoms with van der Waals surface area (Å²) in [5.41, 5.74) is 0.551. The van der Waals surface area contributed by atoms with E-state index in [1.54, 1.807) is 0 Å². The summed E-state index contributed by atoms with van der Waals surface area (Å²) in [5, 5.41) is 0. The highest BCUT2D eigenvalue weighted by Gasteiger charge is 2.56. The molecule has 0 amide bonds. The Bertz CT molecular complexity index is 218. The van der Waals surface area contributed by atoms with Gasteiger partial charge in [-0.1, -0.05) is 28.8 Å². The van der Waals surface area contributed by atoms with E-state index in [2.05, 4.69) is 15.9 Å². The van der Waals surface area contributed by atoms with E-state index in [1.807, 2.05) is 0 Å². The van der Waals surface area contributed by atoms with Crippen LogP contribution in [0, 0.1) is 5.41 Å². The molecule has 80 valence electrons. The lowest BCUT2D eigenvalue weighted by molar-refractivity contribution is -0.152. The van der Waals surface area contributed by atoms with Crippen LogP contribution < -0.4 is 0 Å². The fraction of sp³-hybridized carbons (Fsp3) is 1.00. The third kappa shape index (κ3) is 1.30. The van der Waals surface area contributed by atoms with Crippen LogP contribution in [0.2, 0.25) is 0 Å². The third-order valence-corrected chi connectivity index (χ3v) is 5.92. The van der Waals surface area contributed by atoms with E-state index >= 15 is 0 Å². The number of hydrogen-bond donors (Lipinski definition) is 0. The van der Waals surface area contributed by atoms with E-state index in [9.17, 15) is 0 Å². The largest absolute Gasteiger partial charge is 0.374 e. The van der Waals surface area contributed by atoms with Gasteiger partial charge in [-0.15, -0.1) is 0 Å². The van der Waals surface area contributed by atoms with Gasteiger partial charge in [-0.25, -0.2) is 0 Å². The van der Waals surface area contributed by atoms with E-state index in [4.69, 9.17) is 4.74 Å². The van der Waals surface area contributed by atoms with Crippen molar-refractivity contribution < 1.29 is 4.74 Å². The van der Waals surface area contributed by atoms with Crippen LogP contribution in [0.15, 0.2) is 0 Å². The van der Waals surface area contributed by atoms with E-state index in [0.717, 1.165) is 4.83 Å². The average Bonchev–Trinajstić information content (AvgIpc) is 2.59. The molecule has 3 aliphatic carbocycles. The van der Waals surface area contributed by atoms with Gasteiger partial charge in [0.05, 0.1) is 12.2 Å². The molecule has 0 radical (unpaired) electrons. The molecule has 0 bridgehead atoms. The Balaban J connectivity index is 1.63. The fourth-order valence-corrected chi connectivity index (χ4v) is 4.39. The summed E-state index contributed by atoms with van der Waals surface area (Å²) in [4.78, 5) is 0.752. The Morgan fingerprint density at radius 1 is 1.07 bits per heavy atom. The first-order valence-corrected chi connectivity index (χ1v) is 7.02. The quantitative estimate of drug-likeness (QED) is 0.688. The smallest absolute Gasteiger partial charge is 0.0656 e. The van der Waals surface area contributed by atoms with E-state index in [1.165, 1.54) is 51.4 Å². The first kappa shape index (κ1) is 9.65. The predicted molar refractivity (Wildman–Crippen MR) is 60.7 cm³/mol. The van der Waals surface area contributed by atoms with Crippen molar-refractivity contribution in [2.75, 3.05) is 0 Å². The number of hydrogen-bond acceptors (Lipinski definition) is 1. The minimum atomic E-state index is 0.551. The molecule has 0 aromatic rings. The maximum atomic E-state index is 6.20. The highest BCUT2D eigenvalue weighted by molar-refractivity contribution is 9.09. The topological polar surface area (TPSA) is 9.23 Å². The summed E-state index contributed by atoms with van der Waals surface area (Å²) >= 11 is 3.83. The SMILES string of the molecule is BrC1CC(OC2CCC2)C12CCCC2. The molecule has 2 unspecified atom stereocenters. The normalized spacial score (nSPS) is 40.9. The van der Waals surface area contributed by atoms with Gasteiger partial charge in [0.25, 0.3) is 0 Å². The average molecular weight is 259 g/mol. The Hall–Kier alpha value is 0.440. The van der Waals surface area contributed by atoms with Crippen molar-refractivity contribution in [1.29, 1.82) is 0 Å². The van der Waals surface area contributed by atoms with Crippen molar-refractivity contribution in [3.05, 3.63) is 0 Å². The standard InChI is InChI=1S/C12H19BrO/c13-10-8-11(14-9-4-3-5-9)12(10)6-1-2-7-12/h9-11H,1-8H2. The van der Waals surface area contributed by atoms with Crippen molar-refractivity contribution in [3.8, 4) is 0 Å². The summed E-state index contributed by atoms with van der Waals surface area (Å²) < 4.78 is 6.20. The first-order chi connectivity index (χ1) is 6.81. The maximum absolute atomic E-state index is 6.20. The van der Waals surface area contributed by atoms with Crippen LogP contribution >= 0.6 is 15.9 Å². The zero-order valence-electron chi connectivity index (χ0n) is 8.68. The zero-order chi connectivity index (χ0) is 9.60.